The molecule has 1 aliphatic rings. The minimum Gasteiger partial charge on any atom is -0.480 e. The molecular formula is C12H19N5O3. The summed E-state index contributed by atoms with van der Waals surface area (Å²) in [5.74, 6) is -0.864. The Labute approximate surface area is 116 Å². The van der Waals surface area contributed by atoms with Gasteiger partial charge in [0.25, 0.3) is 5.91 Å². The Bertz CT molecular complexity index is 487. The summed E-state index contributed by atoms with van der Waals surface area (Å²) < 4.78 is 1.13. The molecule has 20 heavy (non-hydrogen) atoms. The number of carbonyl (C=O) groups excluding carboxylic acids is 1. The number of likely N-dealkylation sites (tertiary alicyclic amines) is 1. The zero-order chi connectivity index (χ0) is 14.5. The molecule has 2 N–H and O–H groups in total. The van der Waals surface area contributed by atoms with Crippen molar-refractivity contribution >= 4 is 11.9 Å². The number of aromatic nitrogens is 3. The first-order valence-corrected chi connectivity index (χ1v) is 6.71. The van der Waals surface area contributed by atoms with E-state index < -0.39 is 5.97 Å². The highest BCUT2D eigenvalue weighted by Gasteiger charge is 2.22. The molecule has 0 radical (unpaired) electrons. The van der Waals surface area contributed by atoms with E-state index in [4.69, 9.17) is 5.11 Å². The van der Waals surface area contributed by atoms with Gasteiger partial charge >= 0.3 is 5.97 Å². The van der Waals surface area contributed by atoms with Crippen molar-refractivity contribution in [2.24, 2.45) is 5.92 Å². The van der Waals surface area contributed by atoms with E-state index in [1.165, 1.54) is 6.20 Å². The molecule has 0 aliphatic carbocycles. The summed E-state index contributed by atoms with van der Waals surface area (Å²) in [5, 5.41) is 18.7. The standard InChI is InChI=1S/C12H19N5O3/c1-2-16-4-3-9(6-16)5-13-12(20)10-7-17(15-14-10)8-11(18)19/h7,9H,2-6,8H2,1H3,(H,13,20)(H,18,19). The Kier molecular flexibility index (Phi) is 4.67. The van der Waals surface area contributed by atoms with Crippen LogP contribution in [-0.4, -0.2) is 63.1 Å². The van der Waals surface area contributed by atoms with E-state index in [0.29, 0.717) is 12.5 Å². The number of carboxylic acids is 1. The molecule has 8 heteroatoms. The Morgan fingerprint density at radius 1 is 1.55 bits per heavy atom. The first-order chi connectivity index (χ1) is 9.58. The van der Waals surface area contributed by atoms with Crippen molar-refractivity contribution < 1.29 is 14.7 Å². The summed E-state index contributed by atoms with van der Waals surface area (Å²) in [4.78, 5) is 24.7. The molecule has 2 heterocycles. The average molecular weight is 281 g/mol. The van der Waals surface area contributed by atoms with Crippen LogP contribution in [0.3, 0.4) is 0 Å². The highest BCUT2D eigenvalue weighted by molar-refractivity contribution is 5.91. The molecule has 1 saturated heterocycles. The van der Waals surface area contributed by atoms with Gasteiger partial charge in [-0.1, -0.05) is 12.1 Å². The maximum atomic E-state index is 11.9. The van der Waals surface area contributed by atoms with Crippen molar-refractivity contribution in [3.05, 3.63) is 11.9 Å². The lowest BCUT2D eigenvalue weighted by Gasteiger charge is -2.13. The Balaban J connectivity index is 1.80. The number of hydrogen-bond acceptors (Lipinski definition) is 5. The number of amides is 1. The van der Waals surface area contributed by atoms with E-state index in [1.54, 1.807) is 0 Å². The highest BCUT2D eigenvalue weighted by atomic mass is 16.4. The fourth-order valence-electron chi connectivity index (χ4n) is 2.31. The maximum Gasteiger partial charge on any atom is 0.325 e. The lowest BCUT2D eigenvalue weighted by molar-refractivity contribution is -0.137. The van der Waals surface area contributed by atoms with E-state index in [-0.39, 0.29) is 18.1 Å². The number of rotatable bonds is 6. The molecule has 1 fully saturated rings. The molecule has 1 aromatic rings. The van der Waals surface area contributed by atoms with Gasteiger partial charge in [0.15, 0.2) is 5.69 Å². The number of aliphatic carboxylic acids is 1. The average Bonchev–Trinajstić information content (AvgIpc) is 3.04. The molecule has 8 nitrogen and oxygen atoms in total. The molecule has 0 spiro atoms. The molecule has 1 unspecified atom stereocenters. The normalized spacial score (nSPS) is 19.1. The summed E-state index contributed by atoms with van der Waals surface area (Å²) >= 11 is 0. The van der Waals surface area contributed by atoms with Crippen LogP contribution in [0.4, 0.5) is 0 Å². The fraction of sp³-hybridized carbons (Fsp3) is 0.667. The number of nitrogens with zero attached hydrogens (tertiary/aromatic N) is 4. The topological polar surface area (TPSA) is 100 Å². The van der Waals surface area contributed by atoms with Gasteiger partial charge in [0.1, 0.15) is 6.54 Å². The zero-order valence-corrected chi connectivity index (χ0v) is 11.4. The monoisotopic (exact) mass is 281 g/mol. The van der Waals surface area contributed by atoms with Gasteiger partial charge in [-0.3, -0.25) is 9.59 Å². The van der Waals surface area contributed by atoms with Gasteiger partial charge in [-0.25, -0.2) is 4.68 Å². The predicted molar refractivity (Wildman–Crippen MR) is 70.2 cm³/mol. The van der Waals surface area contributed by atoms with Crippen molar-refractivity contribution in [1.82, 2.24) is 25.2 Å². The molecule has 110 valence electrons. The van der Waals surface area contributed by atoms with Gasteiger partial charge in [0.05, 0.1) is 6.20 Å². The summed E-state index contributed by atoms with van der Waals surface area (Å²) in [7, 11) is 0. The first-order valence-electron chi connectivity index (χ1n) is 6.71. The van der Waals surface area contributed by atoms with Crippen LogP contribution >= 0.6 is 0 Å². The van der Waals surface area contributed by atoms with Crippen molar-refractivity contribution in [3.63, 3.8) is 0 Å². The first kappa shape index (κ1) is 14.4. The van der Waals surface area contributed by atoms with E-state index in [0.717, 1.165) is 30.7 Å². The number of hydrogen-bond donors (Lipinski definition) is 2. The molecule has 0 aromatic carbocycles. The maximum absolute atomic E-state index is 11.9. The summed E-state index contributed by atoms with van der Waals surface area (Å²) in [6, 6.07) is 0. The minimum absolute atomic E-state index is 0.150. The number of carboxylic acid groups (broad SMARTS) is 1. The zero-order valence-electron chi connectivity index (χ0n) is 11.4. The predicted octanol–water partition coefficient (Wildman–Crippen LogP) is -0.566. The van der Waals surface area contributed by atoms with Gasteiger partial charge in [-0.2, -0.15) is 0 Å². The van der Waals surface area contributed by atoms with E-state index in [9.17, 15) is 9.59 Å². The van der Waals surface area contributed by atoms with Crippen LogP contribution in [0.15, 0.2) is 6.20 Å². The van der Waals surface area contributed by atoms with E-state index >= 15 is 0 Å². The van der Waals surface area contributed by atoms with Crippen molar-refractivity contribution in [3.8, 4) is 0 Å². The van der Waals surface area contributed by atoms with Gasteiger partial charge in [0.2, 0.25) is 0 Å². The Morgan fingerprint density at radius 2 is 2.35 bits per heavy atom. The molecule has 0 bridgehead atoms. The quantitative estimate of drug-likeness (QED) is 0.724. The number of nitrogens with one attached hydrogen (secondary N) is 1. The lowest BCUT2D eigenvalue weighted by atomic mass is 10.1. The number of carbonyl (C=O) groups is 2. The molecular weight excluding hydrogens is 262 g/mol. The van der Waals surface area contributed by atoms with Crippen LogP contribution in [-0.2, 0) is 11.3 Å². The highest BCUT2D eigenvalue weighted by Crippen LogP contribution is 2.14. The third kappa shape index (κ3) is 3.77. The summed E-state index contributed by atoms with van der Waals surface area (Å²) in [6.45, 7) is 5.56. The molecule has 1 amide bonds. The minimum atomic E-state index is -1.02. The van der Waals surface area contributed by atoms with Crippen LogP contribution in [0.2, 0.25) is 0 Å². The second kappa shape index (κ2) is 6.47. The summed E-state index contributed by atoms with van der Waals surface area (Å²) in [6.07, 6.45) is 2.43. The Morgan fingerprint density at radius 3 is 3.00 bits per heavy atom. The van der Waals surface area contributed by atoms with E-state index in [2.05, 4.69) is 27.5 Å². The van der Waals surface area contributed by atoms with Crippen molar-refractivity contribution in [2.75, 3.05) is 26.2 Å². The van der Waals surface area contributed by atoms with Crippen molar-refractivity contribution in [1.29, 1.82) is 0 Å². The van der Waals surface area contributed by atoms with Crippen LogP contribution in [0.5, 0.6) is 0 Å². The third-order valence-electron chi connectivity index (χ3n) is 3.44. The molecule has 1 aromatic heterocycles. The fourth-order valence-corrected chi connectivity index (χ4v) is 2.31. The smallest absolute Gasteiger partial charge is 0.325 e. The Hall–Kier alpha value is -1.96. The molecule has 1 aliphatic heterocycles. The van der Waals surface area contributed by atoms with Crippen LogP contribution in [0, 0.1) is 5.92 Å². The molecule has 1 atom stereocenters. The van der Waals surface area contributed by atoms with Crippen LogP contribution in [0.1, 0.15) is 23.8 Å². The third-order valence-corrected chi connectivity index (χ3v) is 3.44. The van der Waals surface area contributed by atoms with E-state index in [1.807, 2.05) is 0 Å². The summed E-state index contributed by atoms with van der Waals surface area (Å²) in [5.41, 5.74) is 0.150. The van der Waals surface area contributed by atoms with Gasteiger partial charge in [-0.15, -0.1) is 5.10 Å². The molecule has 2 rings (SSSR count). The second-order valence-corrected chi connectivity index (χ2v) is 4.95. The van der Waals surface area contributed by atoms with Crippen LogP contribution in [0.25, 0.3) is 0 Å². The van der Waals surface area contributed by atoms with Gasteiger partial charge < -0.3 is 15.3 Å². The van der Waals surface area contributed by atoms with Crippen LogP contribution < -0.4 is 5.32 Å². The van der Waals surface area contributed by atoms with Gasteiger partial charge in [0, 0.05) is 13.1 Å². The van der Waals surface area contributed by atoms with Crippen molar-refractivity contribution in [2.45, 2.75) is 19.9 Å². The molecule has 0 saturated carbocycles. The largest absolute Gasteiger partial charge is 0.480 e. The lowest BCUT2D eigenvalue weighted by Crippen LogP contribution is -2.31. The second-order valence-electron chi connectivity index (χ2n) is 4.95. The SMILES string of the molecule is CCN1CCC(CNC(=O)c2cn(CC(=O)O)nn2)C1. The van der Waals surface area contributed by atoms with Gasteiger partial charge in [-0.05, 0) is 25.4 Å².